The molecule has 0 saturated carbocycles. The van der Waals surface area contributed by atoms with Gasteiger partial charge in [-0.05, 0) is 86.9 Å². The van der Waals surface area contributed by atoms with Crippen LogP contribution in [0.15, 0.2) is 30.5 Å². The van der Waals surface area contributed by atoms with E-state index in [1.54, 1.807) is 83.6 Å². The molecular formula is C51H82N4O16. The number of carbonyl (C=O) groups excluding carboxylic acids is 3. The summed E-state index contributed by atoms with van der Waals surface area (Å²) >= 11 is 0. The van der Waals surface area contributed by atoms with Gasteiger partial charge in [-0.3, -0.25) is 14.5 Å². The zero-order chi connectivity index (χ0) is 52.7. The number of hydrogen-bond acceptors (Lipinski definition) is 19. The fourth-order valence-corrected chi connectivity index (χ4v) is 10.7. The number of rotatable bonds is 16. The number of likely N-dealkylation sites (N-methyl/N-ethyl adjacent to an activating group) is 1. The SMILES string of the molecule is CCOC(=O)c1ccccc1OCCn1cc(CN(C)[C@H]2C[C@@H](C)O[C@@H](O[C@@H]3[C@@H](C)[C@H](OC[C@H]4C[C@@](C)(OC)[C@@H](O)[C@H](C)O4)[C@@H](C)C(=O)O[C@H](CC)[C@@](C)(O)[C@H](O)[C@@H](C)C(=O)[C@H](C)C[C@@]3(C)O)[C@@H]2O)nn1. The molecule has 0 amide bonds. The summed E-state index contributed by atoms with van der Waals surface area (Å²) in [6, 6.07) is 6.29. The van der Waals surface area contributed by atoms with E-state index in [9.17, 15) is 39.9 Å². The second-order valence-electron chi connectivity index (χ2n) is 20.9. The largest absolute Gasteiger partial charge is 0.491 e. The first-order chi connectivity index (χ1) is 33.3. The van der Waals surface area contributed by atoms with Crippen molar-refractivity contribution >= 4 is 17.7 Å². The van der Waals surface area contributed by atoms with Crippen molar-refractivity contribution in [3.63, 3.8) is 0 Å². The molecule has 3 aliphatic heterocycles. The quantitative estimate of drug-likeness (QED) is 0.151. The smallest absolute Gasteiger partial charge is 0.341 e. The van der Waals surface area contributed by atoms with Gasteiger partial charge in [0.05, 0.1) is 79.2 Å². The molecule has 0 bridgehead atoms. The van der Waals surface area contributed by atoms with Gasteiger partial charge in [0.25, 0.3) is 0 Å². The highest BCUT2D eigenvalue weighted by molar-refractivity contribution is 5.92. The van der Waals surface area contributed by atoms with Crippen molar-refractivity contribution < 1.29 is 77.8 Å². The van der Waals surface area contributed by atoms with Crippen molar-refractivity contribution in [3.8, 4) is 5.75 Å². The Hall–Kier alpha value is -3.67. The highest BCUT2D eigenvalue weighted by atomic mass is 16.7. The number of nitrogens with zero attached hydrogens (tertiary/aromatic N) is 4. The number of esters is 2. The lowest BCUT2D eigenvalue weighted by atomic mass is 9.74. The lowest BCUT2D eigenvalue weighted by molar-refractivity contribution is -0.302. The molecule has 1 aromatic carbocycles. The molecule has 3 fully saturated rings. The van der Waals surface area contributed by atoms with Crippen LogP contribution in [0.2, 0.25) is 0 Å². The predicted octanol–water partition coefficient (Wildman–Crippen LogP) is 3.25. The Labute approximate surface area is 418 Å². The van der Waals surface area contributed by atoms with Gasteiger partial charge in [0.2, 0.25) is 0 Å². The Morgan fingerprint density at radius 3 is 2.31 bits per heavy atom. The molecule has 0 radical (unpaired) electrons. The lowest BCUT2D eigenvalue weighted by Gasteiger charge is -2.48. The third-order valence-electron chi connectivity index (χ3n) is 14.9. The third kappa shape index (κ3) is 13.7. The van der Waals surface area contributed by atoms with Gasteiger partial charge < -0.3 is 63.4 Å². The first-order valence-electron chi connectivity index (χ1n) is 25.1. The molecule has 20 nitrogen and oxygen atoms in total. The Morgan fingerprint density at radius 2 is 1.65 bits per heavy atom. The Morgan fingerprint density at radius 1 is 0.958 bits per heavy atom. The number of ether oxygens (including phenoxy) is 8. The summed E-state index contributed by atoms with van der Waals surface area (Å²) in [6.07, 6.45) is -8.09. The topological polar surface area (TPSA) is 260 Å². The van der Waals surface area contributed by atoms with E-state index in [2.05, 4.69) is 10.3 Å². The minimum absolute atomic E-state index is 0.0783. The number of aliphatic hydroxyl groups excluding tert-OH is 3. The van der Waals surface area contributed by atoms with Crippen LogP contribution in [-0.4, -0.2) is 181 Å². The first-order valence-corrected chi connectivity index (χ1v) is 25.1. The van der Waals surface area contributed by atoms with Gasteiger partial charge in [0.15, 0.2) is 6.29 Å². The van der Waals surface area contributed by atoms with E-state index in [1.165, 1.54) is 27.9 Å². The number of hydrogen-bond donors (Lipinski definition) is 5. The average molecular weight is 1010 g/mol. The van der Waals surface area contributed by atoms with Crippen molar-refractivity contribution in [1.82, 2.24) is 19.9 Å². The number of para-hydroxylation sites is 1. The summed E-state index contributed by atoms with van der Waals surface area (Å²) < 4.78 is 50.4. The molecule has 71 heavy (non-hydrogen) atoms. The van der Waals surface area contributed by atoms with Crippen LogP contribution in [0.25, 0.3) is 0 Å². The summed E-state index contributed by atoms with van der Waals surface area (Å²) in [5.41, 5.74) is -3.94. The van der Waals surface area contributed by atoms with E-state index >= 15 is 0 Å². The third-order valence-corrected chi connectivity index (χ3v) is 14.9. The maximum Gasteiger partial charge on any atom is 0.341 e. The first kappa shape index (κ1) is 58.2. The maximum atomic E-state index is 14.3. The van der Waals surface area contributed by atoms with Crippen LogP contribution in [-0.2, 0) is 55.8 Å². The second kappa shape index (κ2) is 24.6. The molecule has 3 aliphatic rings. The van der Waals surface area contributed by atoms with Gasteiger partial charge in [-0.1, -0.05) is 45.0 Å². The van der Waals surface area contributed by atoms with Crippen LogP contribution in [0.5, 0.6) is 5.75 Å². The molecule has 1 aromatic heterocycles. The van der Waals surface area contributed by atoms with Crippen LogP contribution in [0.4, 0.5) is 0 Å². The standard InChI is InChI=1S/C51H82N4O16/c1-14-39-51(11,63)43(58)30(5)40(56)28(3)23-49(9,62)45(31(6)42(32(7)46(60)70-39)67-27-35-24-50(10,64-13)44(59)33(8)69-35)71-48-41(57)37(22-29(4)68-48)54(12)25-34-26-55(53-52-34)20-21-66-38-19-17-16-18-36(38)47(61)65-15-2/h16-19,26,28-33,35,37,39,41-45,48,57-59,62-63H,14-15,20-25,27H2,1-13H3/t28-,29-,30+,31+,32-,33+,35-,37+,39-,41-,42+,43-,44+,45-,48+,49-,50-,51-/m1/s1. The summed E-state index contributed by atoms with van der Waals surface area (Å²) in [7, 11) is 3.34. The molecular weight excluding hydrogens is 925 g/mol. The zero-order valence-electron chi connectivity index (χ0n) is 43.9. The molecule has 2 aromatic rings. The fourth-order valence-electron chi connectivity index (χ4n) is 10.7. The van der Waals surface area contributed by atoms with Crippen molar-refractivity contribution in [2.24, 2.45) is 23.7 Å². The number of Topliss-reactive ketones (excluding diaryl/α,β-unsaturated/α-hetero) is 1. The molecule has 4 heterocycles. The molecule has 3 saturated heterocycles. The molecule has 5 rings (SSSR count). The lowest BCUT2D eigenvalue weighted by Crippen LogP contribution is -2.60. The number of carbonyl (C=O) groups is 3. The van der Waals surface area contributed by atoms with Gasteiger partial charge >= 0.3 is 11.9 Å². The minimum Gasteiger partial charge on any atom is -0.491 e. The summed E-state index contributed by atoms with van der Waals surface area (Å²) in [5, 5.41) is 67.7. The van der Waals surface area contributed by atoms with Crippen molar-refractivity contribution in [2.45, 2.75) is 199 Å². The number of aliphatic hydroxyl groups is 5. The number of aromatic nitrogens is 3. The molecule has 0 aliphatic carbocycles. The maximum absolute atomic E-state index is 14.3. The van der Waals surface area contributed by atoms with E-state index in [4.69, 9.17) is 37.9 Å². The monoisotopic (exact) mass is 1010 g/mol. The molecule has 0 spiro atoms. The van der Waals surface area contributed by atoms with E-state index in [0.29, 0.717) is 30.0 Å². The number of benzene rings is 1. The van der Waals surface area contributed by atoms with Crippen LogP contribution in [0, 0.1) is 23.7 Å². The summed E-state index contributed by atoms with van der Waals surface area (Å²) in [5.74, 6) is -5.26. The zero-order valence-corrected chi connectivity index (χ0v) is 43.9. The average Bonchev–Trinajstić information content (AvgIpc) is 3.77. The van der Waals surface area contributed by atoms with Crippen molar-refractivity contribution in [1.29, 1.82) is 0 Å². The van der Waals surface area contributed by atoms with E-state index in [1.807, 2.05) is 18.9 Å². The van der Waals surface area contributed by atoms with Gasteiger partial charge in [-0.25, -0.2) is 9.48 Å². The van der Waals surface area contributed by atoms with Gasteiger partial charge in [-0.15, -0.1) is 5.10 Å². The van der Waals surface area contributed by atoms with E-state index in [-0.39, 0.29) is 45.6 Å². The van der Waals surface area contributed by atoms with Crippen molar-refractivity contribution in [2.75, 3.05) is 34.0 Å². The van der Waals surface area contributed by atoms with Gasteiger partial charge in [-0.2, -0.15) is 0 Å². The van der Waals surface area contributed by atoms with Gasteiger partial charge in [0, 0.05) is 50.1 Å². The van der Waals surface area contributed by atoms with Crippen LogP contribution >= 0.6 is 0 Å². The Bertz CT molecular complexity index is 2050. The van der Waals surface area contributed by atoms with Crippen molar-refractivity contribution in [3.05, 3.63) is 41.7 Å². The fraction of sp³-hybridized carbons (Fsp3) is 0.784. The number of ketones is 1. The molecule has 18 atom stereocenters. The molecule has 5 N–H and O–H groups in total. The Kier molecular flexibility index (Phi) is 20.2. The molecule has 402 valence electrons. The van der Waals surface area contributed by atoms with Crippen LogP contribution < -0.4 is 4.74 Å². The van der Waals surface area contributed by atoms with Crippen LogP contribution in [0.1, 0.15) is 118 Å². The number of methoxy groups -OCH3 is 1. The van der Waals surface area contributed by atoms with E-state index in [0.717, 1.165) is 0 Å². The second-order valence-corrected chi connectivity index (χ2v) is 20.9. The number of cyclic esters (lactones) is 1. The molecule has 0 unspecified atom stereocenters. The van der Waals surface area contributed by atoms with E-state index < -0.39 is 125 Å². The minimum atomic E-state index is -2.03. The normalized spacial score (nSPS) is 38.9. The Balaban J connectivity index is 1.41. The molecule has 20 heteroatoms. The summed E-state index contributed by atoms with van der Waals surface area (Å²) in [4.78, 5) is 42.8. The predicted molar refractivity (Wildman–Crippen MR) is 257 cm³/mol. The highest BCUT2D eigenvalue weighted by Gasteiger charge is 2.53. The highest BCUT2D eigenvalue weighted by Crippen LogP contribution is 2.40. The van der Waals surface area contributed by atoms with Crippen LogP contribution in [0.3, 0.4) is 0 Å². The van der Waals surface area contributed by atoms with Gasteiger partial charge in [0.1, 0.15) is 47.6 Å². The summed E-state index contributed by atoms with van der Waals surface area (Å²) in [6.45, 7) is 19.1.